The standard InChI is InChI=1S/C15H28N2O3/c1-7-10(3)12-13(18)17(9-11(4)20-6)15(5,8-2)14(19)16-12/h10-12H,7-9H2,1-6H3,(H,16,19). The number of carbonyl (C=O) groups excluding carboxylic acids is 2. The van der Waals surface area contributed by atoms with Crippen LogP contribution in [0.3, 0.4) is 0 Å². The molecule has 1 aliphatic rings. The Labute approximate surface area is 122 Å². The second kappa shape index (κ2) is 6.57. The number of hydrogen-bond acceptors (Lipinski definition) is 3. The van der Waals surface area contributed by atoms with E-state index in [9.17, 15) is 9.59 Å². The van der Waals surface area contributed by atoms with Gasteiger partial charge < -0.3 is 15.0 Å². The highest BCUT2D eigenvalue weighted by Crippen LogP contribution is 2.28. The van der Waals surface area contributed by atoms with E-state index in [1.165, 1.54) is 0 Å². The van der Waals surface area contributed by atoms with Crippen LogP contribution in [0.5, 0.6) is 0 Å². The van der Waals surface area contributed by atoms with Gasteiger partial charge in [-0.05, 0) is 26.2 Å². The number of amides is 2. The van der Waals surface area contributed by atoms with Crippen molar-refractivity contribution in [3.05, 3.63) is 0 Å². The molecule has 4 unspecified atom stereocenters. The highest BCUT2D eigenvalue weighted by Gasteiger charge is 2.49. The number of nitrogens with one attached hydrogen (secondary N) is 1. The largest absolute Gasteiger partial charge is 0.380 e. The van der Waals surface area contributed by atoms with Crippen molar-refractivity contribution < 1.29 is 14.3 Å². The smallest absolute Gasteiger partial charge is 0.246 e. The van der Waals surface area contributed by atoms with Crippen LogP contribution in [0.25, 0.3) is 0 Å². The van der Waals surface area contributed by atoms with Crippen LogP contribution >= 0.6 is 0 Å². The Morgan fingerprint density at radius 2 is 1.95 bits per heavy atom. The third kappa shape index (κ3) is 2.97. The van der Waals surface area contributed by atoms with Crippen molar-refractivity contribution in [2.24, 2.45) is 5.92 Å². The van der Waals surface area contributed by atoms with E-state index in [2.05, 4.69) is 5.32 Å². The maximum absolute atomic E-state index is 12.8. The van der Waals surface area contributed by atoms with Gasteiger partial charge in [-0.15, -0.1) is 0 Å². The number of ether oxygens (including phenoxy) is 1. The number of hydrogen-bond donors (Lipinski definition) is 1. The molecule has 0 spiro atoms. The molecule has 1 rings (SSSR count). The van der Waals surface area contributed by atoms with E-state index < -0.39 is 11.6 Å². The predicted molar refractivity (Wildman–Crippen MR) is 78.3 cm³/mol. The molecule has 0 aromatic heterocycles. The monoisotopic (exact) mass is 284 g/mol. The summed E-state index contributed by atoms with van der Waals surface area (Å²) in [6.07, 6.45) is 1.36. The van der Waals surface area contributed by atoms with Crippen LogP contribution in [0, 0.1) is 5.92 Å². The summed E-state index contributed by atoms with van der Waals surface area (Å²) in [6, 6.07) is -0.420. The third-order valence-corrected chi connectivity index (χ3v) is 4.65. The van der Waals surface area contributed by atoms with Crippen LogP contribution < -0.4 is 5.32 Å². The molecule has 5 heteroatoms. The third-order valence-electron chi connectivity index (χ3n) is 4.65. The molecule has 20 heavy (non-hydrogen) atoms. The number of carbonyl (C=O) groups is 2. The van der Waals surface area contributed by atoms with Crippen molar-refractivity contribution in [3.8, 4) is 0 Å². The molecule has 1 aliphatic heterocycles. The first kappa shape index (κ1) is 17.0. The van der Waals surface area contributed by atoms with Crippen LogP contribution in [-0.4, -0.2) is 48.1 Å². The zero-order valence-corrected chi connectivity index (χ0v) is 13.5. The fraction of sp³-hybridized carbons (Fsp3) is 0.867. The fourth-order valence-electron chi connectivity index (χ4n) is 2.49. The quantitative estimate of drug-likeness (QED) is 0.805. The van der Waals surface area contributed by atoms with Crippen LogP contribution in [0.1, 0.15) is 47.5 Å². The Morgan fingerprint density at radius 1 is 1.35 bits per heavy atom. The average molecular weight is 284 g/mol. The number of rotatable bonds is 6. The van der Waals surface area contributed by atoms with Crippen molar-refractivity contribution in [2.75, 3.05) is 13.7 Å². The first-order chi connectivity index (χ1) is 9.31. The van der Waals surface area contributed by atoms with Gasteiger partial charge >= 0.3 is 0 Å². The highest BCUT2D eigenvalue weighted by molar-refractivity contribution is 5.99. The first-order valence-electron chi connectivity index (χ1n) is 7.47. The number of methoxy groups -OCH3 is 1. The summed E-state index contributed by atoms with van der Waals surface area (Å²) in [4.78, 5) is 26.9. The molecule has 1 fully saturated rings. The molecule has 1 saturated heterocycles. The van der Waals surface area contributed by atoms with Gasteiger partial charge in [-0.2, -0.15) is 0 Å². The van der Waals surface area contributed by atoms with E-state index in [4.69, 9.17) is 4.74 Å². The first-order valence-corrected chi connectivity index (χ1v) is 7.47. The molecule has 0 radical (unpaired) electrons. The number of piperazine rings is 1. The van der Waals surface area contributed by atoms with Gasteiger partial charge in [0, 0.05) is 13.7 Å². The Hall–Kier alpha value is -1.10. The van der Waals surface area contributed by atoms with Gasteiger partial charge in [-0.1, -0.05) is 27.2 Å². The molecule has 1 heterocycles. The van der Waals surface area contributed by atoms with Crippen LogP contribution in [0.15, 0.2) is 0 Å². The van der Waals surface area contributed by atoms with Gasteiger partial charge in [0.25, 0.3) is 0 Å². The summed E-state index contributed by atoms with van der Waals surface area (Å²) in [5.41, 5.74) is -0.784. The highest BCUT2D eigenvalue weighted by atomic mass is 16.5. The molecular formula is C15H28N2O3. The minimum Gasteiger partial charge on any atom is -0.380 e. The van der Waals surface area contributed by atoms with Crippen molar-refractivity contribution in [2.45, 2.75) is 65.1 Å². The normalized spacial score (nSPS) is 30.1. The maximum atomic E-state index is 12.8. The molecule has 0 bridgehead atoms. The van der Waals surface area contributed by atoms with E-state index in [1.54, 1.807) is 12.0 Å². The summed E-state index contributed by atoms with van der Waals surface area (Å²) in [6.45, 7) is 10.1. The lowest BCUT2D eigenvalue weighted by Gasteiger charge is -2.47. The summed E-state index contributed by atoms with van der Waals surface area (Å²) in [5, 5.41) is 2.91. The van der Waals surface area contributed by atoms with E-state index in [0.717, 1.165) is 6.42 Å². The molecule has 0 aromatic carbocycles. The predicted octanol–water partition coefficient (Wildman–Crippen LogP) is 1.56. The molecule has 5 nitrogen and oxygen atoms in total. The Morgan fingerprint density at radius 3 is 2.40 bits per heavy atom. The summed E-state index contributed by atoms with van der Waals surface area (Å²) in [5.74, 6) is 0.0774. The van der Waals surface area contributed by atoms with Crippen LogP contribution in [0.4, 0.5) is 0 Å². The number of nitrogens with zero attached hydrogens (tertiary/aromatic N) is 1. The summed E-state index contributed by atoms with van der Waals surface area (Å²) in [7, 11) is 1.62. The topological polar surface area (TPSA) is 58.6 Å². The zero-order valence-electron chi connectivity index (χ0n) is 13.5. The van der Waals surface area contributed by atoms with Gasteiger partial charge in [0.05, 0.1) is 6.10 Å². The van der Waals surface area contributed by atoms with E-state index in [-0.39, 0.29) is 23.8 Å². The van der Waals surface area contributed by atoms with Crippen molar-refractivity contribution in [3.63, 3.8) is 0 Å². The SMILES string of the molecule is CCC(C)C1NC(=O)C(C)(CC)N(CC(C)OC)C1=O. The van der Waals surface area contributed by atoms with Gasteiger partial charge in [0.2, 0.25) is 11.8 Å². The molecular weight excluding hydrogens is 256 g/mol. The second-order valence-electron chi connectivity index (χ2n) is 5.96. The maximum Gasteiger partial charge on any atom is 0.246 e. The van der Waals surface area contributed by atoms with E-state index >= 15 is 0 Å². The Bertz CT molecular complexity index is 372. The molecule has 1 N–H and O–H groups in total. The van der Waals surface area contributed by atoms with Crippen molar-refractivity contribution in [1.82, 2.24) is 10.2 Å². The molecule has 4 atom stereocenters. The summed E-state index contributed by atoms with van der Waals surface area (Å²) < 4.78 is 5.27. The fourth-order valence-corrected chi connectivity index (χ4v) is 2.49. The van der Waals surface area contributed by atoms with Crippen molar-refractivity contribution in [1.29, 1.82) is 0 Å². The molecule has 2 amide bonds. The lowest BCUT2D eigenvalue weighted by molar-refractivity contribution is -0.160. The Balaban J connectivity index is 3.08. The molecule has 0 aliphatic carbocycles. The van der Waals surface area contributed by atoms with Gasteiger partial charge in [0.1, 0.15) is 11.6 Å². The van der Waals surface area contributed by atoms with Crippen LogP contribution in [0.2, 0.25) is 0 Å². The Kier molecular flexibility index (Phi) is 5.57. The molecule has 0 aromatic rings. The molecule has 116 valence electrons. The lowest BCUT2D eigenvalue weighted by atomic mass is 9.86. The van der Waals surface area contributed by atoms with Crippen LogP contribution in [-0.2, 0) is 14.3 Å². The summed E-state index contributed by atoms with van der Waals surface area (Å²) >= 11 is 0. The zero-order chi connectivity index (χ0) is 15.5. The van der Waals surface area contributed by atoms with Gasteiger partial charge in [-0.3, -0.25) is 9.59 Å². The molecule has 0 saturated carbocycles. The second-order valence-corrected chi connectivity index (χ2v) is 5.96. The lowest BCUT2D eigenvalue weighted by Crippen LogP contribution is -2.71. The minimum absolute atomic E-state index is 0.00667. The average Bonchev–Trinajstić information content (AvgIpc) is 2.46. The van der Waals surface area contributed by atoms with E-state index in [0.29, 0.717) is 13.0 Å². The van der Waals surface area contributed by atoms with Gasteiger partial charge in [-0.25, -0.2) is 0 Å². The minimum atomic E-state index is -0.784. The van der Waals surface area contributed by atoms with Crippen molar-refractivity contribution >= 4 is 11.8 Å². The van der Waals surface area contributed by atoms with Gasteiger partial charge in [0.15, 0.2) is 0 Å². The van der Waals surface area contributed by atoms with E-state index in [1.807, 2.05) is 34.6 Å².